The number of epoxide rings is 1. The number of nitrogens with zero attached hydrogens (tertiary/aromatic N) is 1. The standard InChI is InChI=1S/C15H22BrNO3.C9H9BrO2.C6H13NO/c1-11-7-17(8-12(2)20-11)9-13(18)10-19-15-6-4-3-5-14(15)16;10-8-3-1-2-4-9(8)12-6-7-5-11-7;1-5-3-7-4-6(2)8-5/h3-6,11-13,18H,7-10H2,1-2H3;1-4,7H,5-6H2;5-7H,3-4H2,1-2H3. The molecule has 2 aromatic carbocycles. The lowest BCUT2D eigenvalue weighted by atomic mass is 10.2. The van der Waals surface area contributed by atoms with Crippen LogP contribution in [0.4, 0.5) is 0 Å². The van der Waals surface area contributed by atoms with E-state index >= 15 is 0 Å². The van der Waals surface area contributed by atoms with Crippen molar-refractivity contribution in [3.8, 4) is 11.5 Å². The van der Waals surface area contributed by atoms with Gasteiger partial charge in [0.05, 0.1) is 40.0 Å². The van der Waals surface area contributed by atoms with Gasteiger partial charge in [0.15, 0.2) is 0 Å². The Morgan fingerprint density at radius 1 is 0.850 bits per heavy atom. The van der Waals surface area contributed by atoms with Crippen LogP contribution in [-0.4, -0.2) is 99.2 Å². The number of morpholine rings is 2. The largest absolute Gasteiger partial charge is 0.490 e. The molecular weight excluding hydrogens is 644 g/mol. The van der Waals surface area contributed by atoms with Gasteiger partial charge in [0, 0.05) is 32.7 Å². The fourth-order valence-corrected chi connectivity index (χ4v) is 5.22. The highest BCUT2D eigenvalue weighted by atomic mass is 79.9. The van der Waals surface area contributed by atoms with Gasteiger partial charge in [-0.1, -0.05) is 24.3 Å². The molecule has 0 radical (unpaired) electrons. The minimum absolute atomic E-state index is 0.218. The van der Waals surface area contributed by atoms with E-state index in [1.54, 1.807) is 0 Å². The molecular formula is C30H44Br2N2O6. The molecule has 8 nitrogen and oxygen atoms in total. The van der Waals surface area contributed by atoms with E-state index in [0.717, 1.165) is 53.2 Å². The Bertz CT molecular complexity index is 980. The molecule has 6 unspecified atom stereocenters. The van der Waals surface area contributed by atoms with Crippen molar-refractivity contribution in [1.82, 2.24) is 10.2 Å². The first-order chi connectivity index (χ1) is 19.2. The number of benzene rings is 2. The number of para-hydroxylation sites is 2. The quantitative estimate of drug-likeness (QED) is 0.379. The number of rotatable bonds is 8. The summed E-state index contributed by atoms with van der Waals surface area (Å²) >= 11 is 6.83. The van der Waals surface area contributed by atoms with Crippen LogP contribution in [0.2, 0.25) is 0 Å². The number of aliphatic hydroxyl groups excluding tert-OH is 1. The lowest BCUT2D eigenvalue weighted by Gasteiger charge is -2.36. The molecule has 3 saturated heterocycles. The van der Waals surface area contributed by atoms with E-state index in [2.05, 4.69) is 69.8 Å². The maximum absolute atomic E-state index is 10.1. The summed E-state index contributed by atoms with van der Waals surface area (Å²) in [6.45, 7) is 14.4. The molecule has 224 valence electrons. The molecule has 2 N–H and O–H groups in total. The fraction of sp³-hybridized carbons (Fsp3) is 0.600. The highest BCUT2D eigenvalue weighted by Gasteiger charge is 2.24. The van der Waals surface area contributed by atoms with Crippen LogP contribution in [0.15, 0.2) is 57.5 Å². The third-order valence-corrected chi connectivity index (χ3v) is 7.53. The van der Waals surface area contributed by atoms with Gasteiger partial charge >= 0.3 is 0 Å². The first kappa shape index (κ1) is 33.3. The van der Waals surface area contributed by atoms with Gasteiger partial charge in [-0.15, -0.1) is 0 Å². The van der Waals surface area contributed by atoms with Gasteiger partial charge in [0.2, 0.25) is 0 Å². The monoisotopic (exact) mass is 686 g/mol. The van der Waals surface area contributed by atoms with Crippen molar-refractivity contribution in [2.45, 2.75) is 64.3 Å². The van der Waals surface area contributed by atoms with Crippen LogP contribution in [0, 0.1) is 0 Å². The van der Waals surface area contributed by atoms with Crippen LogP contribution in [0.1, 0.15) is 27.7 Å². The van der Waals surface area contributed by atoms with Crippen molar-refractivity contribution in [3.63, 3.8) is 0 Å². The Morgan fingerprint density at radius 3 is 1.82 bits per heavy atom. The number of aliphatic hydroxyl groups is 1. The molecule has 0 bridgehead atoms. The molecule has 3 heterocycles. The number of β-amino-alcohol motifs (C(OH)–C–C–N with tert-alkyl or cyclic N) is 1. The molecule has 10 heteroatoms. The maximum Gasteiger partial charge on any atom is 0.133 e. The van der Waals surface area contributed by atoms with E-state index in [-0.39, 0.29) is 12.2 Å². The molecule has 2 aromatic rings. The van der Waals surface area contributed by atoms with Gasteiger partial charge < -0.3 is 34.1 Å². The topological polar surface area (TPSA) is 85.0 Å². The van der Waals surface area contributed by atoms with Crippen molar-refractivity contribution >= 4 is 31.9 Å². The van der Waals surface area contributed by atoms with Crippen LogP contribution >= 0.6 is 31.9 Å². The first-order valence-corrected chi connectivity index (χ1v) is 15.6. The summed E-state index contributed by atoms with van der Waals surface area (Å²) in [4.78, 5) is 2.23. The average Bonchev–Trinajstić information content (AvgIpc) is 3.73. The van der Waals surface area contributed by atoms with Crippen molar-refractivity contribution in [2.24, 2.45) is 0 Å². The van der Waals surface area contributed by atoms with Crippen LogP contribution in [0.3, 0.4) is 0 Å². The van der Waals surface area contributed by atoms with Gasteiger partial charge in [-0.3, -0.25) is 4.90 Å². The van der Waals surface area contributed by atoms with Gasteiger partial charge in [-0.25, -0.2) is 0 Å². The van der Waals surface area contributed by atoms with Crippen molar-refractivity contribution < 1.29 is 28.8 Å². The maximum atomic E-state index is 10.1. The minimum Gasteiger partial charge on any atom is -0.490 e. The second-order valence-corrected chi connectivity index (χ2v) is 12.2. The molecule has 0 aliphatic carbocycles. The molecule has 3 fully saturated rings. The van der Waals surface area contributed by atoms with Crippen LogP contribution in [-0.2, 0) is 14.2 Å². The summed E-state index contributed by atoms with van der Waals surface area (Å²) in [7, 11) is 0. The zero-order chi connectivity index (χ0) is 28.9. The molecule has 40 heavy (non-hydrogen) atoms. The second kappa shape index (κ2) is 17.7. The summed E-state index contributed by atoms with van der Waals surface area (Å²) in [6, 6.07) is 15.5. The van der Waals surface area contributed by atoms with Gasteiger partial charge in [-0.05, 0) is 83.8 Å². The van der Waals surface area contributed by atoms with E-state index in [4.69, 9.17) is 23.7 Å². The molecule has 6 atom stereocenters. The summed E-state index contributed by atoms with van der Waals surface area (Å²) in [6.07, 6.45) is 1.06. The Labute approximate surface area is 255 Å². The summed E-state index contributed by atoms with van der Waals surface area (Å²) < 4.78 is 29.2. The molecule has 0 aromatic heterocycles. The third-order valence-electron chi connectivity index (χ3n) is 6.22. The zero-order valence-electron chi connectivity index (χ0n) is 23.9. The Morgan fingerprint density at radius 2 is 1.35 bits per heavy atom. The molecule has 0 amide bonds. The number of hydrogen-bond acceptors (Lipinski definition) is 8. The summed E-state index contributed by atoms with van der Waals surface area (Å²) in [5, 5.41) is 13.4. The molecule has 3 aliphatic rings. The highest BCUT2D eigenvalue weighted by Crippen LogP contribution is 2.25. The number of hydrogen-bond donors (Lipinski definition) is 2. The number of ether oxygens (including phenoxy) is 5. The number of halogens is 2. The van der Waals surface area contributed by atoms with Crippen molar-refractivity contribution in [1.29, 1.82) is 0 Å². The van der Waals surface area contributed by atoms with Crippen molar-refractivity contribution in [2.75, 3.05) is 52.5 Å². The van der Waals surface area contributed by atoms with E-state index in [0.29, 0.717) is 38.1 Å². The van der Waals surface area contributed by atoms with Crippen LogP contribution < -0.4 is 14.8 Å². The summed E-state index contributed by atoms with van der Waals surface area (Å²) in [5.41, 5.74) is 0. The second-order valence-electron chi connectivity index (χ2n) is 10.5. The number of nitrogens with one attached hydrogen (secondary N) is 1. The SMILES string of the molecule is Brc1ccccc1OCC1CO1.CC1CN(CC(O)COc2ccccc2Br)CC(C)O1.CC1CNCC(C)O1. The Balaban J connectivity index is 0.000000185. The van der Waals surface area contributed by atoms with Gasteiger partial charge in [-0.2, -0.15) is 0 Å². The van der Waals surface area contributed by atoms with E-state index in [9.17, 15) is 5.11 Å². The molecule has 3 aliphatic heterocycles. The normalized spacial score (nSPS) is 26.8. The lowest BCUT2D eigenvalue weighted by molar-refractivity contribution is -0.0787. The minimum atomic E-state index is -0.500. The van der Waals surface area contributed by atoms with E-state index in [1.807, 2.05) is 48.5 Å². The van der Waals surface area contributed by atoms with Crippen molar-refractivity contribution in [3.05, 3.63) is 57.5 Å². The molecule has 0 spiro atoms. The van der Waals surface area contributed by atoms with E-state index in [1.165, 1.54) is 0 Å². The van der Waals surface area contributed by atoms with Crippen LogP contribution in [0.5, 0.6) is 11.5 Å². The van der Waals surface area contributed by atoms with E-state index < -0.39 is 6.10 Å². The summed E-state index contributed by atoms with van der Waals surface area (Å²) in [5.74, 6) is 1.64. The van der Waals surface area contributed by atoms with Gasteiger partial charge in [0.25, 0.3) is 0 Å². The zero-order valence-corrected chi connectivity index (χ0v) is 27.1. The lowest BCUT2D eigenvalue weighted by Crippen LogP contribution is -2.48. The smallest absolute Gasteiger partial charge is 0.133 e. The average molecular weight is 688 g/mol. The van der Waals surface area contributed by atoms with Gasteiger partial charge in [0.1, 0.15) is 36.9 Å². The predicted molar refractivity (Wildman–Crippen MR) is 164 cm³/mol. The molecule has 0 saturated carbocycles. The highest BCUT2D eigenvalue weighted by molar-refractivity contribution is 9.10. The van der Waals surface area contributed by atoms with Crippen LogP contribution in [0.25, 0.3) is 0 Å². The Kier molecular flexibility index (Phi) is 14.7. The Hall–Kier alpha value is -1.24. The fourth-order valence-electron chi connectivity index (χ4n) is 4.42. The predicted octanol–water partition coefficient (Wildman–Crippen LogP) is 4.91. The molecule has 5 rings (SSSR count). The third kappa shape index (κ3) is 13.2. The first-order valence-electron chi connectivity index (χ1n) is 14.0.